The molecule has 0 aliphatic carbocycles. The Balaban J connectivity index is 2.02. The number of hydrogen-bond donors (Lipinski definition) is 1. The molecule has 1 saturated heterocycles. The first kappa shape index (κ1) is 12.3. The highest BCUT2D eigenvalue weighted by Crippen LogP contribution is 2.21. The second-order valence-corrected chi connectivity index (χ2v) is 4.70. The van der Waals surface area contributed by atoms with Gasteiger partial charge in [0.25, 0.3) is 0 Å². The minimum absolute atomic E-state index is 0.203. The van der Waals surface area contributed by atoms with Gasteiger partial charge in [-0.3, -0.25) is 4.90 Å². The molecule has 1 aromatic carbocycles. The van der Waals surface area contributed by atoms with E-state index in [1.807, 2.05) is 13.1 Å². The molecule has 94 valence electrons. The number of rotatable bonds is 3. The lowest BCUT2D eigenvalue weighted by molar-refractivity contribution is 0.0814. The van der Waals surface area contributed by atoms with Crippen LogP contribution in [0.15, 0.2) is 18.2 Å². The van der Waals surface area contributed by atoms with Gasteiger partial charge in [0, 0.05) is 19.2 Å². The molecule has 1 aliphatic rings. The first-order valence-corrected chi connectivity index (χ1v) is 5.93. The Labute approximate surface area is 101 Å². The van der Waals surface area contributed by atoms with E-state index in [-0.39, 0.29) is 17.6 Å². The number of benzene rings is 1. The van der Waals surface area contributed by atoms with Crippen LogP contribution >= 0.6 is 0 Å². The molecular weight excluding hydrogens is 219 g/mol. The smallest absolute Gasteiger partial charge is 0.146 e. The highest BCUT2D eigenvalue weighted by Gasteiger charge is 2.27. The predicted octanol–water partition coefficient (Wildman–Crippen LogP) is 2.02. The van der Waals surface area contributed by atoms with Crippen molar-refractivity contribution in [2.45, 2.75) is 32.0 Å². The number of likely N-dealkylation sites (N-methyl/N-ethyl adjacent to an activating group) is 1. The lowest BCUT2D eigenvalue weighted by Crippen LogP contribution is -2.36. The van der Waals surface area contributed by atoms with Crippen LogP contribution in [0.5, 0.6) is 0 Å². The van der Waals surface area contributed by atoms with E-state index < -0.39 is 0 Å². The van der Waals surface area contributed by atoms with Gasteiger partial charge in [0.15, 0.2) is 0 Å². The second kappa shape index (κ2) is 5.02. The summed E-state index contributed by atoms with van der Waals surface area (Å²) >= 11 is 0. The minimum atomic E-state index is -0.341. The fraction of sp³-hybridized carbons (Fsp3) is 0.538. The molecule has 3 nitrogen and oxygen atoms in total. The van der Waals surface area contributed by atoms with E-state index in [4.69, 9.17) is 10.5 Å². The van der Waals surface area contributed by atoms with Gasteiger partial charge in [-0.25, -0.2) is 4.39 Å². The zero-order valence-electron chi connectivity index (χ0n) is 10.3. The lowest BCUT2D eigenvalue weighted by Gasteiger charge is -2.26. The van der Waals surface area contributed by atoms with Crippen LogP contribution in [0.2, 0.25) is 0 Å². The predicted molar refractivity (Wildman–Crippen MR) is 66.1 cm³/mol. The number of nitrogen functional groups attached to an aromatic ring is 1. The number of nitrogens with two attached hydrogens (primary N) is 1. The summed E-state index contributed by atoms with van der Waals surface area (Å²) in [5.41, 5.74) is 6.60. The largest absolute Gasteiger partial charge is 0.396 e. The van der Waals surface area contributed by atoms with Crippen molar-refractivity contribution >= 4 is 5.69 Å². The van der Waals surface area contributed by atoms with Crippen molar-refractivity contribution in [1.82, 2.24) is 4.90 Å². The summed E-state index contributed by atoms with van der Waals surface area (Å²) in [6, 6.07) is 5.41. The lowest BCUT2D eigenvalue weighted by atomic mass is 10.1. The van der Waals surface area contributed by atoms with Gasteiger partial charge in [-0.05, 0) is 38.1 Å². The van der Waals surface area contributed by atoms with E-state index in [1.54, 1.807) is 6.07 Å². The van der Waals surface area contributed by atoms with Crippen LogP contribution in [0.4, 0.5) is 10.1 Å². The van der Waals surface area contributed by atoms with Gasteiger partial charge in [-0.2, -0.15) is 0 Å². The average molecular weight is 238 g/mol. The zero-order chi connectivity index (χ0) is 12.4. The average Bonchev–Trinajstić information content (AvgIpc) is 2.70. The molecule has 2 unspecified atom stereocenters. The summed E-state index contributed by atoms with van der Waals surface area (Å²) in [5, 5.41) is 0. The monoisotopic (exact) mass is 238 g/mol. The third kappa shape index (κ3) is 2.76. The Morgan fingerprint density at radius 3 is 2.88 bits per heavy atom. The van der Waals surface area contributed by atoms with Gasteiger partial charge in [0.1, 0.15) is 5.82 Å². The fourth-order valence-corrected chi connectivity index (χ4v) is 2.37. The summed E-state index contributed by atoms with van der Waals surface area (Å²) in [4.78, 5) is 2.21. The van der Waals surface area contributed by atoms with Gasteiger partial charge in [-0.15, -0.1) is 0 Å². The maximum absolute atomic E-state index is 13.3. The molecule has 0 spiro atoms. The highest BCUT2D eigenvalue weighted by atomic mass is 19.1. The number of hydrogen-bond acceptors (Lipinski definition) is 3. The Morgan fingerprint density at radius 2 is 2.29 bits per heavy atom. The summed E-state index contributed by atoms with van der Waals surface area (Å²) in [5.74, 6) is -0.341. The third-order valence-corrected chi connectivity index (χ3v) is 3.40. The quantitative estimate of drug-likeness (QED) is 0.819. The van der Waals surface area contributed by atoms with Gasteiger partial charge in [0.05, 0.1) is 11.8 Å². The molecule has 4 heteroatoms. The standard InChI is InChI=1S/C13H19FN2O/c1-9-13(5-6-17-9)16(2)8-10-3-4-12(15)11(14)7-10/h3-4,7,9,13H,5-6,8,15H2,1-2H3. The molecule has 1 aromatic rings. The molecule has 2 atom stereocenters. The van der Waals surface area contributed by atoms with Crippen LogP contribution in [0.25, 0.3) is 0 Å². The van der Waals surface area contributed by atoms with E-state index in [1.165, 1.54) is 6.07 Å². The van der Waals surface area contributed by atoms with Gasteiger partial charge in [0.2, 0.25) is 0 Å². The minimum Gasteiger partial charge on any atom is -0.396 e. The Bertz CT molecular complexity index is 397. The van der Waals surface area contributed by atoms with Crippen molar-refractivity contribution in [2.24, 2.45) is 0 Å². The van der Waals surface area contributed by atoms with E-state index >= 15 is 0 Å². The molecule has 1 aliphatic heterocycles. The Hall–Kier alpha value is -1.13. The number of nitrogens with zero attached hydrogens (tertiary/aromatic N) is 1. The summed E-state index contributed by atoms with van der Waals surface area (Å²) in [7, 11) is 2.05. The molecule has 0 aromatic heterocycles. The van der Waals surface area contributed by atoms with Gasteiger partial charge < -0.3 is 10.5 Å². The number of anilines is 1. The molecule has 1 heterocycles. The molecular formula is C13H19FN2O. The van der Waals surface area contributed by atoms with Crippen LogP contribution in [0.1, 0.15) is 18.9 Å². The SMILES string of the molecule is CC1OCCC1N(C)Cc1ccc(N)c(F)c1. The first-order valence-electron chi connectivity index (χ1n) is 5.93. The first-order chi connectivity index (χ1) is 8.08. The molecule has 0 radical (unpaired) electrons. The van der Waals surface area contributed by atoms with Crippen molar-refractivity contribution in [3.8, 4) is 0 Å². The van der Waals surface area contributed by atoms with Crippen LogP contribution in [-0.4, -0.2) is 30.7 Å². The van der Waals surface area contributed by atoms with Crippen molar-refractivity contribution in [1.29, 1.82) is 0 Å². The van der Waals surface area contributed by atoms with Crippen molar-refractivity contribution in [3.05, 3.63) is 29.6 Å². The summed E-state index contributed by atoms with van der Waals surface area (Å²) < 4.78 is 18.8. The molecule has 2 rings (SSSR count). The van der Waals surface area contributed by atoms with Crippen LogP contribution < -0.4 is 5.73 Å². The molecule has 0 amide bonds. The van der Waals surface area contributed by atoms with E-state index in [0.29, 0.717) is 6.04 Å². The van der Waals surface area contributed by atoms with Crippen molar-refractivity contribution in [3.63, 3.8) is 0 Å². The van der Waals surface area contributed by atoms with E-state index in [9.17, 15) is 4.39 Å². The van der Waals surface area contributed by atoms with Crippen molar-refractivity contribution in [2.75, 3.05) is 19.4 Å². The molecule has 1 fully saturated rings. The Morgan fingerprint density at radius 1 is 1.53 bits per heavy atom. The second-order valence-electron chi connectivity index (χ2n) is 4.70. The highest BCUT2D eigenvalue weighted by molar-refractivity contribution is 5.41. The normalized spacial score (nSPS) is 24.5. The summed E-state index contributed by atoms with van der Waals surface area (Å²) in [6.45, 7) is 3.61. The van der Waals surface area contributed by atoms with E-state index in [0.717, 1.165) is 25.1 Å². The topological polar surface area (TPSA) is 38.5 Å². The van der Waals surface area contributed by atoms with Crippen LogP contribution in [0, 0.1) is 5.82 Å². The fourth-order valence-electron chi connectivity index (χ4n) is 2.37. The maximum atomic E-state index is 13.3. The van der Waals surface area contributed by atoms with Crippen molar-refractivity contribution < 1.29 is 9.13 Å². The van der Waals surface area contributed by atoms with E-state index in [2.05, 4.69) is 11.8 Å². The molecule has 17 heavy (non-hydrogen) atoms. The zero-order valence-corrected chi connectivity index (χ0v) is 10.3. The Kier molecular flexibility index (Phi) is 3.64. The summed E-state index contributed by atoms with van der Waals surface area (Å²) in [6.07, 6.45) is 1.29. The van der Waals surface area contributed by atoms with Crippen LogP contribution in [0.3, 0.4) is 0 Å². The maximum Gasteiger partial charge on any atom is 0.146 e. The van der Waals surface area contributed by atoms with Crippen LogP contribution in [-0.2, 0) is 11.3 Å². The third-order valence-electron chi connectivity index (χ3n) is 3.40. The van der Waals surface area contributed by atoms with Gasteiger partial charge in [-0.1, -0.05) is 6.07 Å². The molecule has 0 bridgehead atoms. The molecule has 2 N–H and O–H groups in total. The number of ether oxygens (including phenoxy) is 1. The van der Waals surface area contributed by atoms with Gasteiger partial charge >= 0.3 is 0 Å². The molecule has 0 saturated carbocycles. The number of halogens is 1.